The van der Waals surface area contributed by atoms with Crippen molar-refractivity contribution in [1.29, 1.82) is 0 Å². The number of benzene rings is 2. The average Bonchev–Trinajstić information content (AvgIpc) is 3.13. The predicted molar refractivity (Wildman–Crippen MR) is 109 cm³/mol. The molecule has 10 heteroatoms. The van der Waals surface area contributed by atoms with Crippen molar-refractivity contribution in [3.05, 3.63) is 86.9 Å². The van der Waals surface area contributed by atoms with Gasteiger partial charge in [0.1, 0.15) is 0 Å². The Morgan fingerprint density at radius 3 is 2.60 bits per heavy atom. The number of nitrogens with zero attached hydrogens (tertiary/aromatic N) is 4. The summed E-state index contributed by atoms with van der Waals surface area (Å²) in [6.07, 6.45) is -1.27. The summed E-state index contributed by atoms with van der Waals surface area (Å²) in [7, 11) is 0. The fraction of sp³-hybridized carbons (Fsp3) is 0.150. The van der Waals surface area contributed by atoms with E-state index in [-0.39, 0.29) is 17.0 Å². The molecule has 0 spiro atoms. The molecule has 0 aliphatic rings. The van der Waals surface area contributed by atoms with Crippen LogP contribution in [0.2, 0.25) is 5.02 Å². The Labute approximate surface area is 178 Å². The average molecular weight is 451 g/mol. The number of aromatic nitrogens is 4. The van der Waals surface area contributed by atoms with Gasteiger partial charge in [0, 0.05) is 23.2 Å². The first-order valence-electron chi connectivity index (χ1n) is 8.77. The van der Waals surface area contributed by atoms with Crippen molar-refractivity contribution in [2.24, 2.45) is 0 Å². The first-order chi connectivity index (χ1) is 14.3. The monoisotopic (exact) mass is 450 g/mol. The van der Waals surface area contributed by atoms with Gasteiger partial charge in [0.15, 0.2) is 5.16 Å². The van der Waals surface area contributed by atoms with Crippen molar-refractivity contribution in [1.82, 2.24) is 19.2 Å². The molecule has 0 radical (unpaired) electrons. The van der Waals surface area contributed by atoms with E-state index in [1.165, 1.54) is 21.1 Å². The third-order valence-electron chi connectivity index (χ3n) is 4.62. The van der Waals surface area contributed by atoms with Crippen LogP contribution in [0.3, 0.4) is 0 Å². The van der Waals surface area contributed by atoms with Gasteiger partial charge in [0.05, 0.1) is 11.3 Å². The molecule has 0 unspecified atom stereocenters. The second-order valence-electron chi connectivity index (χ2n) is 6.48. The molecule has 0 N–H and O–H groups in total. The van der Waals surface area contributed by atoms with E-state index >= 15 is 0 Å². The zero-order valence-electron chi connectivity index (χ0n) is 15.5. The minimum Gasteiger partial charge on any atom is -0.279 e. The molecule has 0 saturated heterocycles. The lowest BCUT2D eigenvalue weighted by Gasteiger charge is -2.12. The molecule has 0 fully saturated rings. The lowest BCUT2D eigenvalue weighted by molar-refractivity contribution is -0.138. The highest BCUT2D eigenvalue weighted by molar-refractivity contribution is 7.98. The Balaban J connectivity index is 1.68. The van der Waals surface area contributed by atoms with E-state index in [1.807, 2.05) is 0 Å². The summed E-state index contributed by atoms with van der Waals surface area (Å²) < 4.78 is 42.5. The number of rotatable bonds is 4. The number of alkyl halides is 3. The van der Waals surface area contributed by atoms with E-state index in [0.29, 0.717) is 15.9 Å². The van der Waals surface area contributed by atoms with Crippen LogP contribution in [0, 0.1) is 6.92 Å². The minimum atomic E-state index is -4.44. The van der Waals surface area contributed by atoms with Gasteiger partial charge in [-0.3, -0.25) is 13.8 Å². The summed E-state index contributed by atoms with van der Waals surface area (Å²) in [6, 6.07) is 10.6. The largest absolute Gasteiger partial charge is 0.416 e. The summed E-state index contributed by atoms with van der Waals surface area (Å²) in [5, 5.41) is 8.79. The standard InChI is InChI=1S/C20H14ClF3N4OS/c1-12-15(21)7-4-8-16(12)27-9-10-28-17(18(27)29)25-26-19(28)30-11-13-5-2-3-6-14(13)20(22,23)24/h2-10H,11H2,1H3. The third kappa shape index (κ3) is 3.70. The Bertz CT molecular complexity index is 1300. The molecule has 0 aliphatic carbocycles. The normalized spacial score (nSPS) is 11.9. The van der Waals surface area contributed by atoms with Crippen LogP contribution in [-0.2, 0) is 11.9 Å². The molecule has 0 amide bonds. The first-order valence-corrected chi connectivity index (χ1v) is 10.1. The van der Waals surface area contributed by atoms with Crippen LogP contribution in [0.4, 0.5) is 13.2 Å². The Hall–Kier alpha value is -2.78. The lowest BCUT2D eigenvalue weighted by Crippen LogP contribution is -2.21. The summed E-state index contributed by atoms with van der Waals surface area (Å²) in [6.45, 7) is 1.80. The van der Waals surface area contributed by atoms with Crippen molar-refractivity contribution in [3.8, 4) is 5.69 Å². The van der Waals surface area contributed by atoms with Crippen LogP contribution in [0.5, 0.6) is 0 Å². The summed E-state index contributed by atoms with van der Waals surface area (Å²) in [5.74, 6) is 0.0347. The maximum absolute atomic E-state index is 13.2. The SMILES string of the molecule is Cc1c(Cl)cccc1-n1ccn2c(SCc3ccccc3C(F)(F)F)nnc2c1=O. The van der Waals surface area contributed by atoms with Crippen LogP contribution < -0.4 is 5.56 Å². The summed E-state index contributed by atoms with van der Waals surface area (Å²) in [4.78, 5) is 12.9. The molecule has 2 aromatic heterocycles. The van der Waals surface area contributed by atoms with Gasteiger partial charge in [-0.15, -0.1) is 10.2 Å². The fourth-order valence-corrected chi connectivity index (χ4v) is 4.17. The second kappa shape index (κ2) is 7.81. The molecular formula is C20H14ClF3N4OS. The van der Waals surface area contributed by atoms with E-state index in [0.717, 1.165) is 23.4 Å². The molecule has 2 aromatic carbocycles. The molecular weight excluding hydrogens is 437 g/mol. The Morgan fingerprint density at radius 1 is 1.07 bits per heavy atom. The maximum atomic E-state index is 13.2. The molecule has 0 bridgehead atoms. The van der Waals surface area contributed by atoms with E-state index < -0.39 is 17.3 Å². The number of thioether (sulfide) groups is 1. The van der Waals surface area contributed by atoms with E-state index in [4.69, 9.17) is 11.6 Å². The highest BCUT2D eigenvalue weighted by Crippen LogP contribution is 2.34. The zero-order valence-corrected chi connectivity index (χ0v) is 17.1. The van der Waals surface area contributed by atoms with E-state index in [1.54, 1.807) is 43.6 Å². The van der Waals surface area contributed by atoms with Crippen molar-refractivity contribution in [2.45, 2.75) is 24.0 Å². The molecule has 0 saturated carbocycles. The Kier molecular flexibility index (Phi) is 5.33. The lowest BCUT2D eigenvalue weighted by atomic mass is 10.1. The summed E-state index contributed by atoms with van der Waals surface area (Å²) >= 11 is 7.23. The topological polar surface area (TPSA) is 52.2 Å². The maximum Gasteiger partial charge on any atom is 0.416 e. The van der Waals surface area contributed by atoms with Crippen LogP contribution in [-0.4, -0.2) is 19.2 Å². The van der Waals surface area contributed by atoms with Gasteiger partial charge in [-0.05, 0) is 36.2 Å². The van der Waals surface area contributed by atoms with Crippen LogP contribution >= 0.6 is 23.4 Å². The highest BCUT2D eigenvalue weighted by Gasteiger charge is 2.32. The second-order valence-corrected chi connectivity index (χ2v) is 7.83. The zero-order chi connectivity index (χ0) is 21.5. The minimum absolute atomic E-state index is 0.0347. The van der Waals surface area contributed by atoms with Crippen LogP contribution in [0.15, 0.2) is 64.8 Å². The van der Waals surface area contributed by atoms with Gasteiger partial charge < -0.3 is 0 Å². The van der Waals surface area contributed by atoms with Crippen molar-refractivity contribution in [3.63, 3.8) is 0 Å². The third-order valence-corrected chi connectivity index (χ3v) is 6.02. The molecule has 154 valence electrons. The van der Waals surface area contributed by atoms with Gasteiger partial charge in [0.25, 0.3) is 0 Å². The van der Waals surface area contributed by atoms with Crippen molar-refractivity contribution in [2.75, 3.05) is 0 Å². The number of hydrogen-bond acceptors (Lipinski definition) is 4. The van der Waals surface area contributed by atoms with E-state index in [9.17, 15) is 18.0 Å². The molecule has 4 rings (SSSR count). The molecule has 30 heavy (non-hydrogen) atoms. The molecule has 5 nitrogen and oxygen atoms in total. The van der Waals surface area contributed by atoms with Gasteiger partial charge in [-0.1, -0.05) is 47.6 Å². The molecule has 2 heterocycles. The first kappa shape index (κ1) is 20.5. The van der Waals surface area contributed by atoms with Crippen molar-refractivity contribution < 1.29 is 13.2 Å². The van der Waals surface area contributed by atoms with Gasteiger partial charge >= 0.3 is 11.7 Å². The smallest absolute Gasteiger partial charge is 0.279 e. The molecule has 4 aromatic rings. The van der Waals surface area contributed by atoms with Gasteiger partial charge in [-0.25, -0.2) is 0 Å². The number of halogens is 4. The highest BCUT2D eigenvalue weighted by atomic mass is 35.5. The van der Waals surface area contributed by atoms with Crippen LogP contribution in [0.25, 0.3) is 11.3 Å². The van der Waals surface area contributed by atoms with Gasteiger partial charge in [0.2, 0.25) is 5.65 Å². The fourth-order valence-electron chi connectivity index (χ4n) is 3.08. The van der Waals surface area contributed by atoms with Gasteiger partial charge in [-0.2, -0.15) is 13.2 Å². The van der Waals surface area contributed by atoms with Crippen LogP contribution in [0.1, 0.15) is 16.7 Å². The number of fused-ring (bicyclic) bond motifs is 1. The quantitative estimate of drug-likeness (QED) is 0.403. The summed E-state index contributed by atoms with van der Waals surface area (Å²) in [5.41, 5.74) is 0.468. The van der Waals surface area contributed by atoms with Crippen molar-refractivity contribution >= 4 is 29.0 Å². The van der Waals surface area contributed by atoms with E-state index in [2.05, 4.69) is 10.2 Å². The molecule has 0 atom stereocenters. The molecule has 0 aliphatic heterocycles. The number of hydrogen-bond donors (Lipinski definition) is 0. The Morgan fingerprint density at radius 2 is 1.83 bits per heavy atom. The predicted octanol–water partition coefficient (Wildman–Crippen LogP) is 5.15.